The molecule has 1 heterocycles. The molecule has 0 aliphatic carbocycles. The Balaban J connectivity index is 2.60. The summed E-state index contributed by atoms with van der Waals surface area (Å²) in [6.45, 7) is 2.67. The van der Waals surface area contributed by atoms with Crippen LogP contribution in [0.4, 0.5) is 16.3 Å². The van der Waals surface area contributed by atoms with Crippen LogP contribution in [0.15, 0.2) is 6.20 Å². The monoisotopic (exact) mass is 211 g/mol. The Bertz CT molecular complexity index is 333. The minimum Gasteiger partial charge on any atom is -0.372 e. The van der Waals surface area contributed by atoms with Crippen molar-refractivity contribution in [3.05, 3.63) is 6.20 Å². The third kappa shape index (κ3) is 2.87. The van der Waals surface area contributed by atoms with Crippen LogP contribution in [0.25, 0.3) is 0 Å². The predicted molar refractivity (Wildman–Crippen MR) is 60.1 cm³/mol. The molecule has 84 valence electrons. The fourth-order valence-corrected chi connectivity index (χ4v) is 1.23. The van der Waals surface area contributed by atoms with Gasteiger partial charge in [-0.05, 0) is 6.42 Å². The van der Waals surface area contributed by atoms with Gasteiger partial charge in [0, 0.05) is 20.6 Å². The Morgan fingerprint density at radius 1 is 1.60 bits per heavy atom. The highest BCUT2D eigenvalue weighted by molar-refractivity contribution is 5.92. The molecule has 0 spiro atoms. The number of urea groups is 1. The van der Waals surface area contributed by atoms with Crippen molar-refractivity contribution in [1.29, 1.82) is 0 Å². The van der Waals surface area contributed by atoms with Gasteiger partial charge >= 0.3 is 6.03 Å². The third-order valence-corrected chi connectivity index (χ3v) is 1.96. The Kier molecular flexibility index (Phi) is 3.96. The number of hydrogen-bond donors (Lipinski definition) is 3. The van der Waals surface area contributed by atoms with E-state index in [2.05, 4.69) is 21.0 Å². The zero-order valence-electron chi connectivity index (χ0n) is 9.29. The summed E-state index contributed by atoms with van der Waals surface area (Å²) in [4.78, 5) is 11.4. The lowest BCUT2D eigenvalue weighted by Gasteiger charge is -2.07. The van der Waals surface area contributed by atoms with E-state index in [1.54, 1.807) is 25.0 Å². The van der Waals surface area contributed by atoms with Crippen LogP contribution in [0.2, 0.25) is 0 Å². The second kappa shape index (κ2) is 5.23. The van der Waals surface area contributed by atoms with Crippen LogP contribution in [-0.4, -0.2) is 29.4 Å². The average molecular weight is 211 g/mol. The molecule has 0 aliphatic heterocycles. The van der Waals surface area contributed by atoms with Crippen LogP contribution in [0.1, 0.15) is 13.3 Å². The van der Waals surface area contributed by atoms with Gasteiger partial charge < -0.3 is 16.0 Å². The molecule has 0 unspecified atom stereocenters. The standard InChI is InChI=1S/C9H17N5O/c1-4-5-11-9(15)13-7-6-12-14(3)8(7)10-2/h6,10H,4-5H2,1-3H3,(H2,11,13,15). The lowest BCUT2D eigenvalue weighted by molar-refractivity contribution is 0.252. The van der Waals surface area contributed by atoms with Gasteiger partial charge in [0.25, 0.3) is 0 Å². The second-order valence-electron chi connectivity index (χ2n) is 3.16. The number of rotatable bonds is 4. The third-order valence-electron chi connectivity index (χ3n) is 1.96. The van der Waals surface area contributed by atoms with E-state index in [0.29, 0.717) is 12.2 Å². The molecule has 0 aliphatic rings. The molecule has 0 saturated carbocycles. The minimum absolute atomic E-state index is 0.207. The van der Waals surface area contributed by atoms with Gasteiger partial charge in [-0.25, -0.2) is 4.79 Å². The van der Waals surface area contributed by atoms with Crippen LogP contribution in [0.5, 0.6) is 0 Å². The first-order chi connectivity index (χ1) is 7.19. The molecule has 1 aromatic heterocycles. The van der Waals surface area contributed by atoms with Crippen molar-refractivity contribution in [2.24, 2.45) is 7.05 Å². The first-order valence-corrected chi connectivity index (χ1v) is 4.93. The zero-order chi connectivity index (χ0) is 11.3. The van der Waals surface area contributed by atoms with Crippen LogP contribution in [0, 0.1) is 0 Å². The van der Waals surface area contributed by atoms with E-state index in [9.17, 15) is 4.79 Å². The lowest BCUT2D eigenvalue weighted by atomic mass is 10.5. The maximum atomic E-state index is 11.4. The van der Waals surface area contributed by atoms with Gasteiger partial charge in [-0.2, -0.15) is 5.10 Å². The van der Waals surface area contributed by atoms with E-state index in [1.807, 2.05) is 6.92 Å². The fraction of sp³-hybridized carbons (Fsp3) is 0.556. The van der Waals surface area contributed by atoms with E-state index < -0.39 is 0 Å². The highest BCUT2D eigenvalue weighted by Gasteiger charge is 2.08. The smallest absolute Gasteiger partial charge is 0.319 e. The van der Waals surface area contributed by atoms with Gasteiger partial charge in [0.15, 0.2) is 0 Å². The quantitative estimate of drug-likeness (QED) is 0.695. The molecule has 1 rings (SSSR count). The van der Waals surface area contributed by atoms with Crippen molar-refractivity contribution in [3.63, 3.8) is 0 Å². The number of aromatic nitrogens is 2. The molecule has 15 heavy (non-hydrogen) atoms. The molecule has 6 heteroatoms. The lowest BCUT2D eigenvalue weighted by Crippen LogP contribution is -2.29. The summed E-state index contributed by atoms with van der Waals surface area (Å²) in [7, 11) is 3.59. The molecule has 0 atom stereocenters. The van der Waals surface area contributed by atoms with E-state index >= 15 is 0 Å². The predicted octanol–water partition coefficient (Wildman–Crippen LogP) is 0.993. The molecule has 0 radical (unpaired) electrons. The molecule has 0 saturated heterocycles. The van der Waals surface area contributed by atoms with Gasteiger partial charge in [-0.15, -0.1) is 0 Å². The Hall–Kier alpha value is -1.72. The zero-order valence-corrected chi connectivity index (χ0v) is 9.29. The number of anilines is 2. The largest absolute Gasteiger partial charge is 0.372 e. The summed E-state index contributed by atoms with van der Waals surface area (Å²) in [5, 5.41) is 12.4. The molecule has 0 fully saturated rings. The molecule has 1 aromatic rings. The Morgan fingerprint density at radius 3 is 2.93 bits per heavy atom. The number of nitrogens with one attached hydrogen (secondary N) is 3. The van der Waals surface area contributed by atoms with Crippen molar-refractivity contribution >= 4 is 17.5 Å². The minimum atomic E-state index is -0.207. The maximum absolute atomic E-state index is 11.4. The first-order valence-electron chi connectivity index (χ1n) is 4.93. The first kappa shape index (κ1) is 11.4. The molecular formula is C9H17N5O. The fourth-order valence-electron chi connectivity index (χ4n) is 1.23. The van der Waals surface area contributed by atoms with Gasteiger partial charge in [0.1, 0.15) is 11.5 Å². The number of carbonyl (C=O) groups is 1. The maximum Gasteiger partial charge on any atom is 0.319 e. The molecule has 2 amide bonds. The number of hydrogen-bond acceptors (Lipinski definition) is 3. The van der Waals surface area contributed by atoms with Crippen molar-refractivity contribution in [1.82, 2.24) is 15.1 Å². The Morgan fingerprint density at radius 2 is 2.33 bits per heavy atom. The number of carbonyl (C=O) groups excluding carboxylic acids is 1. The molecule has 6 nitrogen and oxygen atoms in total. The summed E-state index contributed by atoms with van der Waals surface area (Å²) < 4.78 is 1.66. The van der Waals surface area contributed by atoms with Gasteiger partial charge in [-0.1, -0.05) is 6.92 Å². The number of aryl methyl sites for hydroxylation is 1. The van der Waals surface area contributed by atoms with Gasteiger partial charge in [-0.3, -0.25) is 4.68 Å². The molecule has 0 aromatic carbocycles. The van der Waals surface area contributed by atoms with E-state index in [4.69, 9.17) is 0 Å². The van der Waals surface area contributed by atoms with E-state index in [0.717, 1.165) is 12.2 Å². The summed E-state index contributed by atoms with van der Waals surface area (Å²) >= 11 is 0. The van der Waals surface area contributed by atoms with Crippen LogP contribution in [0.3, 0.4) is 0 Å². The topological polar surface area (TPSA) is 71.0 Å². The summed E-state index contributed by atoms with van der Waals surface area (Å²) in [6.07, 6.45) is 2.52. The normalized spacial score (nSPS) is 9.80. The van der Waals surface area contributed by atoms with Crippen molar-refractivity contribution in [3.8, 4) is 0 Å². The average Bonchev–Trinajstić information content (AvgIpc) is 2.56. The van der Waals surface area contributed by atoms with Crippen molar-refractivity contribution < 1.29 is 4.79 Å². The van der Waals surface area contributed by atoms with Gasteiger partial charge in [0.05, 0.1) is 6.20 Å². The van der Waals surface area contributed by atoms with Crippen LogP contribution in [-0.2, 0) is 7.05 Å². The van der Waals surface area contributed by atoms with Crippen molar-refractivity contribution in [2.45, 2.75) is 13.3 Å². The highest BCUT2D eigenvalue weighted by Crippen LogP contribution is 2.18. The van der Waals surface area contributed by atoms with E-state index in [1.165, 1.54) is 0 Å². The second-order valence-corrected chi connectivity index (χ2v) is 3.16. The summed E-state index contributed by atoms with van der Waals surface area (Å²) in [5.41, 5.74) is 0.675. The summed E-state index contributed by atoms with van der Waals surface area (Å²) in [5.74, 6) is 0.779. The number of nitrogens with zero attached hydrogens (tertiary/aromatic N) is 2. The summed E-state index contributed by atoms with van der Waals surface area (Å²) in [6, 6.07) is -0.207. The number of amides is 2. The van der Waals surface area contributed by atoms with Crippen LogP contribution >= 0.6 is 0 Å². The van der Waals surface area contributed by atoms with Crippen LogP contribution < -0.4 is 16.0 Å². The SMILES string of the molecule is CCCNC(=O)Nc1cnn(C)c1NC. The van der Waals surface area contributed by atoms with Gasteiger partial charge in [0.2, 0.25) is 0 Å². The molecule has 0 bridgehead atoms. The molecule has 3 N–H and O–H groups in total. The van der Waals surface area contributed by atoms with Crippen molar-refractivity contribution in [2.75, 3.05) is 24.2 Å². The van der Waals surface area contributed by atoms with E-state index in [-0.39, 0.29) is 6.03 Å². The Labute approximate surface area is 89.0 Å². The highest BCUT2D eigenvalue weighted by atomic mass is 16.2. The molecular weight excluding hydrogens is 194 g/mol.